The van der Waals surface area contributed by atoms with Crippen LogP contribution in [0.1, 0.15) is 6.42 Å². The molecule has 5 nitrogen and oxygen atoms in total. The maximum absolute atomic E-state index is 6.01. The van der Waals surface area contributed by atoms with Gasteiger partial charge in [-0.05, 0) is 37.2 Å². The molecule has 1 aliphatic heterocycles. The van der Waals surface area contributed by atoms with Crippen molar-refractivity contribution in [2.24, 2.45) is 0 Å². The number of nitrogens with one attached hydrogen (secondary N) is 2. The molecule has 25 heavy (non-hydrogen) atoms. The summed E-state index contributed by atoms with van der Waals surface area (Å²) in [7, 11) is 0. The van der Waals surface area contributed by atoms with Gasteiger partial charge in [0, 0.05) is 47.2 Å². The third kappa shape index (κ3) is 3.78. The predicted octanol–water partition coefficient (Wildman–Crippen LogP) is 3.63. The van der Waals surface area contributed by atoms with Gasteiger partial charge in [-0.25, -0.2) is 9.97 Å². The number of benzene rings is 1. The van der Waals surface area contributed by atoms with Crippen LogP contribution in [-0.4, -0.2) is 34.1 Å². The average Bonchev–Trinajstić information content (AvgIpc) is 3.16. The summed E-state index contributed by atoms with van der Waals surface area (Å²) in [5, 5.41) is 7.58. The van der Waals surface area contributed by atoms with Gasteiger partial charge in [-0.15, -0.1) is 0 Å². The van der Waals surface area contributed by atoms with Gasteiger partial charge in [-0.1, -0.05) is 23.7 Å². The molecule has 1 fully saturated rings. The highest BCUT2D eigenvalue weighted by Crippen LogP contribution is 2.25. The Balaban J connectivity index is 1.75. The largest absolute Gasteiger partial charge is 0.366 e. The number of anilines is 1. The number of aromatic nitrogens is 3. The van der Waals surface area contributed by atoms with Crippen molar-refractivity contribution in [2.75, 3.05) is 18.4 Å². The standard InChI is InChI=1S/C19H18ClN5/c20-15-5-3-13(4-6-15)17-10-18(23-16-7-9-22-12-16)25-19(24-17)14-2-1-8-21-11-14/h1-6,8,10-11,16,22H,7,9,12H2,(H,23,24,25). The van der Waals surface area contributed by atoms with Gasteiger partial charge >= 0.3 is 0 Å². The monoisotopic (exact) mass is 351 g/mol. The van der Waals surface area contributed by atoms with Crippen LogP contribution in [0.15, 0.2) is 54.9 Å². The Hall–Kier alpha value is -2.50. The Morgan fingerprint density at radius 2 is 1.96 bits per heavy atom. The predicted molar refractivity (Wildman–Crippen MR) is 101 cm³/mol. The quantitative estimate of drug-likeness (QED) is 0.751. The molecule has 0 spiro atoms. The minimum atomic E-state index is 0.384. The molecule has 1 aliphatic rings. The summed E-state index contributed by atoms with van der Waals surface area (Å²) in [6.45, 7) is 1.98. The molecular formula is C19H18ClN5. The number of pyridine rings is 1. The second-order valence-electron chi connectivity index (χ2n) is 6.04. The van der Waals surface area contributed by atoms with Gasteiger partial charge in [-0.3, -0.25) is 4.98 Å². The molecule has 6 heteroatoms. The normalized spacial score (nSPS) is 16.8. The Kier molecular flexibility index (Phi) is 4.59. The molecule has 1 atom stereocenters. The lowest BCUT2D eigenvalue weighted by atomic mass is 10.1. The minimum Gasteiger partial charge on any atom is -0.366 e. The first-order valence-electron chi connectivity index (χ1n) is 8.30. The van der Waals surface area contributed by atoms with Crippen LogP contribution in [0.25, 0.3) is 22.6 Å². The fourth-order valence-electron chi connectivity index (χ4n) is 2.90. The first kappa shape index (κ1) is 16.0. The molecule has 1 aromatic carbocycles. The number of hydrogen-bond donors (Lipinski definition) is 2. The zero-order valence-electron chi connectivity index (χ0n) is 13.6. The van der Waals surface area contributed by atoms with Gasteiger partial charge in [0.25, 0.3) is 0 Å². The molecule has 3 aromatic rings. The molecule has 126 valence electrons. The highest BCUT2D eigenvalue weighted by Gasteiger charge is 2.16. The van der Waals surface area contributed by atoms with E-state index >= 15 is 0 Å². The summed E-state index contributed by atoms with van der Waals surface area (Å²) in [5.74, 6) is 1.49. The molecule has 0 amide bonds. The summed E-state index contributed by atoms with van der Waals surface area (Å²) in [4.78, 5) is 13.6. The van der Waals surface area contributed by atoms with Crippen LogP contribution < -0.4 is 10.6 Å². The lowest BCUT2D eigenvalue weighted by Gasteiger charge is -2.14. The van der Waals surface area contributed by atoms with Crippen molar-refractivity contribution < 1.29 is 0 Å². The first-order chi connectivity index (χ1) is 12.3. The Labute approximate surface area is 151 Å². The van der Waals surface area contributed by atoms with Crippen LogP contribution >= 0.6 is 11.6 Å². The molecular weight excluding hydrogens is 334 g/mol. The molecule has 0 saturated carbocycles. The van der Waals surface area contributed by atoms with Crippen LogP contribution in [0.4, 0.5) is 5.82 Å². The Morgan fingerprint density at radius 1 is 1.08 bits per heavy atom. The van der Waals surface area contributed by atoms with Gasteiger partial charge in [-0.2, -0.15) is 0 Å². The van der Waals surface area contributed by atoms with Crippen LogP contribution in [0.2, 0.25) is 5.02 Å². The van der Waals surface area contributed by atoms with Crippen molar-refractivity contribution in [3.05, 3.63) is 59.9 Å². The van der Waals surface area contributed by atoms with Crippen molar-refractivity contribution in [3.8, 4) is 22.6 Å². The average molecular weight is 352 g/mol. The molecule has 4 rings (SSSR count). The highest BCUT2D eigenvalue weighted by molar-refractivity contribution is 6.30. The SMILES string of the molecule is Clc1ccc(-c2cc(NC3CCNC3)nc(-c3cccnc3)n2)cc1. The second kappa shape index (κ2) is 7.17. The van der Waals surface area contributed by atoms with E-state index in [1.807, 2.05) is 42.5 Å². The van der Waals surface area contributed by atoms with Crippen molar-refractivity contribution in [3.63, 3.8) is 0 Å². The highest BCUT2D eigenvalue weighted by atomic mass is 35.5. The van der Waals surface area contributed by atoms with Crippen molar-refractivity contribution in [1.82, 2.24) is 20.3 Å². The van der Waals surface area contributed by atoms with Crippen molar-refractivity contribution >= 4 is 17.4 Å². The topological polar surface area (TPSA) is 62.7 Å². The van der Waals surface area contributed by atoms with E-state index in [-0.39, 0.29) is 0 Å². The van der Waals surface area contributed by atoms with Crippen LogP contribution in [-0.2, 0) is 0 Å². The Morgan fingerprint density at radius 3 is 2.68 bits per heavy atom. The molecule has 2 N–H and O–H groups in total. The van der Waals surface area contributed by atoms with Gasteiger partial charge in [0.15, 0.2) is 5.82 Å². The van der Waals surface area contributed by atoms with Crippen LogP contribution in [0.3, 0.4) is 0 Å². The van der Waals surface area contributed by atoms with E-state index in [0.717, 1.165) is 42.1 Å². The lowest BCUT2D eigenvalue weighted by molar-refractivity contribution is 0.787. The summed E-state index contributed by atoms with van der Waals surface area (Å²) in [6, 6.07) is 13.9. The van der Waals surface area contributed by atoms with Crippen LogP contribution in [0.5, 0.6) is 0 Å². The van der Waals surface area contributed by atoms with Gasteiger partial charge in [0.1, 0.15) is 5.82 Å². The summed E-state index contributed by atoms with van der Waals surface area (Å²) >= 11 is 6.01. The first-order valence-corrected chi connectivity index (χ1v) is 8.68. The van der Waals surface area contributed by atoms with Gasteiger partial charge < -0.3 is 10.6 Å². The molecule has 0 bridgehead atoms. The second-order valence-corrected chi connectivity index (χ2v) is 6.48. The van der Waals surface area contributed by atoms with Gasteiger partial charge in [0.2, 0.25) is 0 Å². The fraction of sp³-hybridized carbons (Fsp3) is 0.211. The number of nitrogens with zero attached hydrogens (tertiary/aromatic N) is 3. The van der Waals surface area contributed by atoms with Gasteiger partial charge in [0.05, 0.1) is 5.69 Å². The third-order valence-electron chi connectivity index (χ3n) is 4.20. The summed E-state index contributed by atoms with van der Waals surface area (Å²) in [5.41, 5.74) is 2.76. The molecule has 2 aromatic heterocycles. The summed E-state index contributed by atoms with van der Waals surface area (Å²) < 4.78 is 0. The number of hydrogen-bond acceptors (Lipinski definition) is 5. The molecule has 3 heterocycles. The zero-order valence-corrected chi connectivity index (χ0v) is 14.4. The third-order valence-corrected chi connectivity index (χ3v) is 4.45. The number of rotatable bonds is 4. The van der Waals surface area contributed by atoms with E-state index in [2.05, 4.69) is 15.6 Å². The van der Waals surface area contributed by atoms with E-state index in [0.29, 0.717) is 16.9 Å². The van der Waals surface area contributed by atoms with E-state index < -0.39 is 0 Å². The van der Waals surface area contributed by atoms with E-state index in [1.165, 1.54) is 0 Å². The molecule has 0 aliphatic carbocycles. The Bertz CT molecular complexity index is 845. The van der Waals surface area contributed by atoms with Crippen LogP contribution in [0, 0.1) is 0 Å². The maximum Gasteiger partial charge on any atom is 0.163 e. The minimum absolute atomic E-state index is 0.384. The van der Waals surface area contributed by atoms with Crippen molar-refractivity contribution in [2.45, 2.75) is 12.5 Å². The molecule has 0 radical (unpaired) electrons. The fourth-order valence-corrected chi connectivity index (χ4v) is 3.03. The van der Waals surface area contributed by atoms with Crippen molar-refractivity contribution in [1.29, 1.82) is 0 Å². The lowest BCUT2D eigenvalue weighted by Crippen LogP contribution is -2.22. The van der Waals surface area contributed by atoms with E-state index in [1.54, 1.807) is 12.4 Å². The van der Waals surface area contributed by atoms with E-state index in [9.17, 15) is 0 Å². The number of halogens is 1. The summed E-state index contributed by atoms with van der Waals surface area (Å²) in [6.07, 6.45) is 4.61. The molecule has 1 saturated heterocycles. The smallest absolute Gasteiger partial charge is 0.163 e. The zero-order chi connectivity index (χ0) is 17.1. The maximum atomic E-state index is 6.01. The molecule has 1 unspecified atom stereocenters. The van der Waals surface area contributed by atoms with E-state index in [4.69, 9.17) is 21.6 Å².